The first-order valence-electron chi connectivity index (χ1n) is 31.6. The molecule has 0 amide bonds. The molecule has 8 heteroatoms. The molecule has 13 rings (SSSR count). The normalized spacial score (nSPS) is 21.0. The minimum atomic E-state index is -0.894. The van der Waals surface area contributed by atoms with Crippen molar-refractivity contribution in [2.24, 2.45) is 0 Å². The second kappa shape index (κ2) is 23.7. The Balaban J connectivity index is 1.09. The van der Waals surface area contributed by atoms with E-state index in [4.69, 9.17) is 0 Å². The Kier molecular flexibility index (Phi) is 15.6. The molecular formula is C76H80O8. The fourth-order valence-electron chi connectivity index (χ4n) is 16.0. The highest BCUT2D eigenvalue weighted by Gasteiger charge is 2.36. The van der Waals surface area contributed by atoms with Crippen molar-refractivity contribution in [2.45, 2.75) is 176 Å². The summed E-state index contributed by atoms with van der Waals surface area (Å²) in [5, 5.41) is 100. The molecule has 0 heterocycles. The van der Waals surface area contributed by atoms with Crippen LogP contribution in [-0.4, -0.2) is 40.9 Å². The van der Waals surface area contributed by atoms with Crippen molar-refractivity contribution in [3.63, 3.8) is 0 Å². The van der Waals surface area contributed by atoms with Gasteiger partial charge in [-0.3, -0.25) is 0 Å². The van der Waals surface area contributed by atoms with E-state index in [1.54, 1.807) is 24.3 Å². The molecule has 8 bridgehead atoms. The highest BCUT2D eigenvalue weighted by molar-refractivity contribution is 5.67. The van der Waals surface area contributed by atoms with Crippen LogP contribution >= 0.6 is 0 Å². The molecule has 8 nitrogen and oxygen atoms in total. The zero-order chi connectivity index (χ0) is 57.6. The molecule has 0 unspecified atom stereocenters. The molecule has 0 aromatic heterocycles. The van der Waals surface area contributed by atoms with Gasteiger partial charge in [0, 0.05) is 92.4 Å². The number of fused-ring (bicyclic) bond motifs is 8. The topological polar surface area (TPSA) is 162 Å². The van der Waals surface area contributed by atoms with E-state index in [0.29, 0.717) is 68.2 Å². The lowest BCUT2D eigenvalue weighted by atomic mass is 9.74. The molecule has 5 aliphatic carbocycles. The molecule has 0 radical (unpaired) electrons. The third-order valence-corrected chi connectivity index (χ3v) is 20.6. The largest absolute Gasteiger partial charge is 0.507 e. The first kappa shape index (κ1) is 55.4. The lowest BCUT2D eigenvalue weighted by Gasteiger charge is -2.30. The highest BCUT2D eigenvalue weighted by atomic mass is 16.3. The van der Waals surface area contributed by atoms with Crippen LogP contribution in [0.25, 0.3) is 0 Å². The number of phenols is 8. The fourth-order valence-corrected chi connectivity index (χ4v) is 16.0. The summed E-state index contributed by atoms with van der Waals surface area (Å²) in [6.45, 7) is 0. The molecule has 0 saturated heterocycles. The van der Waals surface area contributed by atoms with Gasteiger partial charge in [-0.05, 0) is 144 Å². The van der Waals surface area contributed by atoms with Gasteiger partial charge in [0.25, 0.3) is 0 Å². The number of benzene rings is 8. The maximum absolute atomic E-state index is 12.5. The van der Waals surface area contributed by atoms with E-state index in [1.165, 1.54) is 124 Å². The van der Waals surface area contributed by atoms with Crippen LogP contribution in [-0.2, 0) is 0 Å². The molecule has 0 aliphatic heterocycles. The van der Waals surface area contributed by atoms with Gasteiger partial charge in [0.15, 0.2) is 0 Å². The SMILES string of the molecule is Oc1cc(O)c2cc1C(c1ccc(C3CCCCC3)cc1)c1cc(c(O)cc1O)[C@H](c1ccc(C3CCCCC3)cc1)c1cc(c(O)cc1O)[C@H](c1ccc(C3CCCCC3)cc1)c1cc(c(O)cc1O)C2c1ccc(C2CCCCC2)cc1. The van der Waals surface area contributed by atoms with E-state index in [2.05, 4.69) is 97.1 Å². The van der Waals surface area contributed by atoms with Crippen LogP contribution in [0.4, 0.5) is 0 Å². The van der Waals surface area contributed by atoms with Crippen molar-refractivity contribution in [1.29, 1.82) is 0 Å². The Hall–Kier alpha value is -7.84. The smallest absolute Gasteiger partial charge is 0.123 e. The van der Waals surface area contributed by atoms with Gasteiger partial charge < -0.3 is 40.9 Å². The van der Waals surface area contributed by atoms with Crippen LogP contribution in [0, 0.1) is 0 Å². The van der Waals surface area contributed by atoms with Gasteiger partial charge in [-0.25, -0.2) is 0 Å². The Morgan fingerprint density at radius 2 is 0.321 bits per heavy atom. The van der Waals surface area contributed by atoms with E-state index < -0.39 is 23.7 Å². The fraction of sp³-hybridized carbons (Fsp3) is 0.368. The van der Waals surface area contributed by atoms with Crippen LogP contribution in [0.2, 0.25) is 0 Å². The van der Waals surface area contributed by atoms with Gasteiger partial charge in [0.2, 0.25) is 0 Å². The van der Waals surface area contributed by atoms with Crippen LogP contribution < -0.4 is 0 Å². The number of phenolic OH excluding ortho intramolecular Hbond substituents is 8. The van der Waals surface area contributed by atoms with Crippen LogP contribution in [0.3, 0.4) is 0 Å². The zero-order valence-corrected chi connectivity index (χ0v) is 48.2. The average molecular weight is 1120 g/mol. The molecule has 8 N–H and O–H groups in total. The molecular weight excluding hydrogens is 1040 g/mol. The maximum atomic E-state index is 12.5. The molecule has 0 spiro atoms. The molecule has 4 fully saturated rings. The number of aromatic hydroxyl groups is 8. The third kappa shape index (κ3) is 10.7. The van der Waals surface area contributed by atoms with E-state index in [-0.39, 0.29) is 46.0 Å². The summed E-state index contributed by atoms with van der Waals surface area (Å²) >= 11 is 0. The van der Waals surface area contributed by atoms with Gasteiger partial charge in [0.05, 0.1) is 0 Å². The van der Waals surface area contributed by atoms with Gasteiger partial charge in [-0.2, -0.15) is 0 Å². The van der Waals surface area contributed by atoms with Gasteiger partial charge in [-0.15, -0.1) is 0 Å². The summed E-state index contributed by atoms with van der Waals surface area (Å²) in [7, 11) is 0. The predicted octanol–water partition coefficient (Wildman–Crippen LogP) is 18.6. The van der Waals surface area contributed by atoms with Gasteiger partial charge in [-0.1, -0.05) is 174 Å². The lowest BCUT2D eigenvalue weighted by molar-refractivity contribution is 0.431. The summed E-state index contributed by atoms with van der Waals surface area (Å²) in [4.78, 5) is 0. The second-order valence-corrected chi connectivity index (χ2v) is 25.6. The summed E-state index contributed by atoms with van der Waals surface area (Å²) < 4.78 is 0. The minimum absolute atomic E-state index is 0.220. The molecule has 84 heavy (non-hydrogen) atoms. The summed E-state index contributed by atoms with van der Waals surface area (Å²) in [6.07, 6.45) is 23.1. The lowest BCUT2D eigenvalue weighted by Crippen LogP contribution is -2.13. The van der Waals surface area contributed by atoms with E-state index in [1.807, 2.05) is 0 Å². The Labute approximate surface area is 494 Å². The van der Waals surface area contributed by atoms with E-state index in [0.717, 1.165) is 73.6 Å². The molecule has 8 aromatic rings. The third-order valence-electron chi connectivity index (χ3n) is 20.6. The van der Waals surface area contributed by atoms with Gasteiger partial charge in [0.1, 0.15) is 46.0 Å². The van der Waals surface area contributed by atoms with E-state index in [9.17, 15) is 40.9 Å². The quantitative estimate of drug-likeness (QED) is 0.0746. The highest BCUT2D eigenvalue weighted by Crippen LogP contribution is 2.55. The number of hydrogen-bond acceptors (Lipinski definition) is 8. The first-order valence-corrected chi connectivity index (χ1v) is 31.6. The van der Waals surface area contributed by atoms with Crippen molar-refractivity contribution in [1.82, 2.24) is 0 Å². The zero-order valence-electron chi connectivity index (χ0n) is 48.2. The van der Waals surface area contributed by atoms with Crippen LogP contribution in [0.5, 0.6) is 46.0 Å². The minimum Gasteiger partial charge on any atom is -0.507 e. The standard InChI is InChI=1S/C76H80O8/c77-65-41-67(79)59-37-57(65)73(53-29-21-49(22-30-53)45-13-5-1-6-14-45)58-38-60(68(80)42-66(58)78)75(55-33-25-51(26-34-55)47-17-9-3-10-18-47)62-40-64(72(84)44-70(62)82)76(56-35-27-52(28-36-56)48-19-11-4-12-20-48)63-39-61(69(81)43-71(63)83)74(59)54-31-23-50(24-32-54)46-15-7-2-8-16-46/h21-48,73-84H,1-20H2/t73-,74+,75?,76?. The van der Waals surface area contributed by atoms with Crippen LogP contribution in [0.15, 0.2) is 146 Å². The Morgan fingerprint density at radius 3 is 0.476 bits per heavy atom. The molecule has 8 aromatic carbocycles. The Morgan fingerprint density at radius 1 is 0.179 bits per heavy atom. The summed E-state index contributed by atoms with van der Waals surface area (Å²) in [5.74, 6) is -3.69. The predicted molar refractivity (Wildman–Crippen MR) is 332 cm³/mol. The van der Waals surface area contributed by atoms with E-state index >= 15 is 0 Å². The van der Waals surface area contributed by atoms with Crippen molar-refractivity contribution in [3.05, 3.63) is 235 Å². The van der Waals surface area contributed by atoms with Crippen molar-refractivity contribution >= 4 is 0 Å². The number of hydrogen-bond donors (Lipinski definition) is 8. The Bertz CT molecular complexity index is 3050. The maximum Gasteiger partial charge on any atom is 0.123 e. The summed E-state index contributed by atoms with van der Waals surface area (Å²) in [5.41, 5.74) is 10.8. The average Bonchev–Trinajstić information content (AvgIpc) is 2.11. The van der Waals surface area contributed by atoms with Crippen LogP contribution in [0.1, 0.15) is 265 Å². The van der Waals surface area contributed by atoms with Crippen molar-refractivity contribution < 1.29 is 40.9 Å². The van der Waals surface area contributed by atoms with Crippen molar-refractivity contribution in [2.75, 3.05) is 0 Å². The molecule has 432 valence electrons. The van der Waals surface area contributed by atoms with Gasteiger partial charge >= 0.3 is 0 Å². The number of rotatable bonds is 8. The summed E-state index contributed by atoms with van der Waals surface area (Å²) in [6, 6.07) is 46.3. The molecule has 4 saturated carbocycles. The first-order chi connectivity index (χ1) is 40.9. The molecule has 0 atom stereocenters. The van der Waals surface area contributed by atoms with Crippen molar-refractivity contribution in [3.8, 4) is 46.0 Å². The second-order valence-electron chi connectivity index (χ2n) is 25.6. The molecule has 5 aliphatic rings. The monoisotopic (exact) mass is 1120 g/mol.